The zero-order valence-electron chi connectivity index (χ0n) is 17.2. The number of hydrogen-bond acceptors (Lipinski definition) is 4. The lowest BCUT2D eigenvalue weighted by molar-refractivity contribution is -0.124. The Hall–Kier alpha value is -3.02. The maximum absolute atomic E-state index is 13.0. The highest BCUT2D eigenvalue weighted by atomic mass is 16.5. The maximum atomic E-state index is 13.0. The molecule has 154 valence electrons. The van der Waals surface area contributed by atoms with Gasteiger partial charge in [0.05, 0.1) is 20.1 Å². The third-order valence-electron chi connectivity index (χ3n) is 5.35. The van der Waals surface area contributed by atoms with E-state index in [1.165, 1.54) is 0 Å². The second kappa shape index (κ2) is 9.45. The van der Waals surface area contributed by atoms with Gasteiger partial charge in [-0.2, -0.15) is 0 Å². The van der Waals surface area contributed by atoms with Crippen molar-refractivity contribution in [3.63, 3.8) is 0 Å². The average molecular weight is 396 g/mol. The van der Waals surface area contributed by atoms with Gasteiger partial charge in [0.2, 0.25) is 5.91 Å². The van der Waals surface area contributed by atoms with E-state index in [9.17, 15) is 9.59 Å². The fourth-order valence-electron chi connectivity index (χ4n) is 3.82. The molecule has 2 aromatic rings. The van der Waals surface area contributed by atoms with Crippen LogP contribution >= 0.6 is 0 Å². The van der Waals surface area contributed by atoms with Gasteiger partial charge in [-0.05, 0) is 36.8 Å². The van der Waals surface area contributed by atoms with Gasteiger partial charge in [0.1, 0.15) is 11.5 Å². The van der Waals surface area contributed by atoms with Crippen LogP contribution in [0.5, 0.6) is 11.5 Å². The molecular formula is C23H28N2O4. The molecule has 0 bridgehead atoms. The van der Waals surface area contributed by atoms with Gasteiger partial charge < -0.3 is 19.7 Å². The van der Waals surface area contributed by atoms with Crippen LogP contribution in [0.25, 0.3) is 0 Å². The molecule has 0 unspecified atom stereocenters. The van der Waals surface area contributed by atoms with Crippen LogP contribution in [0.15, 0.2) is 48.5 Å². The number of methoxy groups -OCH3 is 2. The molecule has 1 fully saturated rings. The maximum Gasteiger partial charge on any atom is 0.253 e. The van der Waals surface area contributed by atoms with Gasteiger partial charge in [0.25, 0.3) is 5.91 Å². The van der Waals surface area contributed by atoms with E-state index >= 15 is 0 Å². The highest BCUT2D eigenvalue weighted by molar-refractivity contribution is 5.95. The van der Waals surface area contributed by atoms with Crippen molar-refractivity contribution in [2.75, 3.05) is 33.9 Å². The van der Waals surface area contributed by atoms with Crippen LogP contribution in [-0.2, 0) is 4.79 Å². The van der Waals surface area contributed by atoms with Crippen molar-refractivity contribution < 1.29 is 19.1 Å². The van der Waals surface area contributed by atoms with Crippen LogP contribution in [0.3, 0.4) is 0 Å². The molecule has 2 aromatic carbocycles. The zero-order valence-corrected chi connectivity index (χ0v) is 17.2. The molecule has 1 heterocycles. The Balaban J connectivity index is 1.94. The first-order valence-corrected chi connectivity index (χ1v) is 9.93. The Labute approximate surface area is 171 Å². The van der Waals surface area contributed by atoms with Crippen LogP contribution < -0.4 is 14.8 Å². The summed E-state index contributed by atoms with van der Waals surface area (Å²) in [6.07, 6.45) is 0.859. The lowest BCUT2D eigenvalue weighted by Gasteiger charge is -2.21. The molecule has 2 atom stereocenters. The molecule has 0 saturated carbocycles. The molecule has 1 N–H and O–H groups in total. The summed E-state index contributed by atoms with van der Waals surface area (Å²) in [4.78, 5) is 27.7. The van der Waals surface area contributed by atoms with Gasteiger partial charge in [0, 0.05) is 36.7 Å². The van der Waals surface area contributed by atoms with Crippen molar-refractivity contribution in [3.8, 4) is 11.5 Å². The first-order chi connectivity index (χ1) is 14.1. The molecule has 0 spiro atoms. The second-order valence-corrected chi connectivity index (χ2v) is 7.19. The van der Waals surface area contributed by atoms with Gasteiger partial charge in [-0.25, -0.2) is 0 Å². The molecule has 3 rings (SSSR count). The van der Waals surface area contributed by atoms with E-state index in [-0.39, 0.29) is 23.7 Å². The molecule has 0 radical (unpaired) electrons. The molecular weight excluding hydrogens is 368 g/mol. The Morgan fingerprint density at radius 2 is 1.83 bits per heavy atom. The Morgan fingerprint density at radius 3 is 2.48 bits per heavy atom. The lowest BCUT2D eigenvalue weighted by atomic mass is 9.87. The summed E-state index contributed by atoms with van der Waals surface area (Å²) in [5, 5.41) is 2.99. The number of nitrogens with one attached hydrogen (secondary N) is 1. The molecule has 2 amide bonds. The van der Waals surface area contributed by atoms with E-state index in [4.69, 9.17) is 9.47 Å². The van der Waals surface area contributed by atoms with Crippen LogP contribution in [0.4, 0.5) is 0 Å². The lowest BCUT2D eigenvalue weighted by Crippen LogP contribution is -2.36. The minimum absolute atomic E-state index is 0.0370. The Morgan fingerprint density at radius 1 is 1.07 bits per heavy atom. The molecule has 0 aliphatic carbocycles. The predicted octanol–water partition coefficient (Wildman–Crippen LogP) is 3.09. The smallest absolute Gasteiger partial charge is 0.253 e. The van der Waals surface area contributed by atoms with Gasteiger partial charge in [-0.1, -0.05) is 25.1 Å². The number of carbonyl (C=O) groups excluding carboxylic acids is 2. The van der Waals surface area contributed by atoms with Crippen molar-refractivity contribution >= 4 is 11.8 Å². The molecule has 29 heavy (non-hydrogen) atoms. The first kappa shape index (κ1) is 20.7. The van der Waals surface area contributed by atoms with E-state index in [1.54, 1.807) is 31.3 Å². The van der Waals surface area contributed by atoms with Crippen LogP contribution in [0.1, 0.15) is 35.2 Å². The van der Waals surface area contributed by atoms with Crippen LogP contribution in [0, 0.1) is 5.92 Å². The largest absolute Gasteiger partial charge is 0.497 e. The monoisotopic (exact) mass is 396 g/mol. The number of carbonyl (C=O) groups is 2. The fourth-order valence-corrected chi connectivity index (χ4v) is 3.82. The zero-order chi connectivity index (χ0) is 20.8. The van der Waals surface area contributed by atoms with Gasteiger partial charge in [-0.15, -0.1) is 0 Å². The van der Waals surface area contributed by atoms with Gasteiger partial charge in [0.15, 0.2) is 0 Å². The molecule has 1 aliphatic heterocycles. The van der Waals surface area contributed by atoms with Crippen LogP contribution in [0.2, 0.25) is 0 Å². The van der Waals surface area contributed by atoms with Gasteiger partial charge in [-0.3, -0.25) is 9.59 Å². The van der Waals surface area contributed by atoms with Crippen molar-refractivity contribution in [2.45, 2.75) is 19.3 Å². The summed E-state index contributed by atoms with van der Waals surface area (Å²) >= 11 is 0. The van der Waals surface area contributed by atoms with Crippen molar-refractivity contribution in [2.24, 2.45) is 5.92 Å². The Bertz CT molecular complexity index is 853. The molecule has 1 saturated heterocycles. The van der Waals surface area contributed by atoms with E-state index in [2.05, 4.69) is 5.32 Å². The summed E-state index contributed by atoms with van der Waals surface area (Å²) in [7, 11) is 3.22. The first-order valence-electron chi connectivity index (χ1n) is 9.93. The minimum atomic E-state index is -0.352. The van der Waals surface area contributed by atoms with E-state index < -0.39 is 0 Å². The third kappa shape index (κ3) is 4.53. The minimum Gasteiger partial charge on any atom is -0.497 e. The van der Waals surface area contributed by atoms with Crippen molar-refractivity contribution in [1.29, 1.82) is 0 Å². The molecule has 0 aromatic heterocycles. The normalized spacial score (nSPS) is 18.4. The number of nitrogens with zero attached hydrogens (tertiary/aromatic N) is 1. The summed E-state index contributed by atoms with van der Waals surface area (Å²) in [6, 6.07) is 14.7. The average Bonchev–Trinajstić information content (AvgIpc) is 3.22. The Kier molecular flexibility index (Phi) is 6.75. The number of likely N-dealkylation sites (tertiary alicyclic amines) is 1. The predicted molar refractivity (Wildman–Crippen MR) is 111 cm³/mol. The summed E-state index contributed by atoms with van der Waals surface area (Å²) < 4.78 is 10.9. The fraction of sp³-hybridized carbons (Fsp3) is 0.391. The second-order valence-electron chi connectivity index (χ2n) is 7.19. The van der Waals surface area contributed by atoms with E-state index in [1.807, 2.05) is 43.3 Å². The summed E-state index contributed by atoms with van der Waals surface area (Å²) in [5.74, 6) is 0.757. The molecule has 6 nitrogen and oxygen atoms in total. The third-order valence-corrected chi connectivity index (χ3v) is 5.35. The number of benzene rings is 2. The van der Waals surface area contributed by atoms with Crippen molar-refractivity contribution in [1.82, 2.24) is 10.2 Å². The molecule has 1 aliphatic rings. The number of rotatable bonds is 7. The van der Waals surface area contributed by atoms with E-state index in [0.717, 1.165) is 12.0 Å². The van der Waals surface area contributed by atoms with E-state index in [0.29, 0.717) is 36.7 Å². The van der Waals surface area contributed by atoms with Crippen molar-refractivity contribution in [3.05, 3.63) is 59.7 Å². The molecule has 6 heteroatoms. The SMILES string of the molecule is CCCNC(=O)[C@H]1CN(C(=O)c2ccccc2)C[C@@H]1c1cc(OC)ccc1OC. The summed E-state index contributed by atoms with van der Waals surface area (Å²) in [6.45, 7) is 3.45. The number of hydrogen-bond donors (Lipinski definition) is 1. The number of amides is 2. The van der Waals surface area contributed by atoms with Gasteiger partial charge >= 0.3 is 0 Å². The summed E-state index contributed by atoms with van der Waals surface area (Å²) in [5.41, 5.74) is 1.50. The topological polar surface area (TPSA) is 67.9 Å². The quantitative estimate of drug-likeness (QED) is 0.781. The number of ether oxygens (including phenoxy) is 2. The highest BCUT2D eigenvalue weighted by Gasteiger charge is 2.41. The highest BCUT2D eigenvalue weighted by Crippen LogP contribution is 2.40. The standard InChI is InChI=1S/C23H28N2O4/c1-4-12-24-22(26)20-15-25(23(27)16-8-6-5-7-9-16)14-19(20)18-13-17(28-2)10-11-21(18)29-3/h5-11,13,19-20H,4,12,14-15H2,1-3H3,(H,24,26)/t19-,20+/m1/s1. The van der Waals surface area contributed by atoms with Crippen LogP contribution in [-0.4, -0.2) is 50.6 Å².